The topological polar surface area (TPSA) is 55.8 Å². The molecule has 0 aliphatic heterocycles. The highest BCUT2D eigenvalue weighted by molar-refractivity contribution is 6.24. The van der Waals surface area contributed by atoms with E-state index >= 15 is 0 Å². The third kappa shape index (κ3) is 3.84. The number of hydrogen-bond acceptors (Lipinski definition) is 5. The molecule has 0 bridgehead atoms. The summed E-state index contributed by atoms with van der Waals surface area (Å²) in [6.45, 7) is 3.37. The molecule has 6 heteroatoms. The fourth-order valence-electron chi connectivity index (χ4n) is 1.97. The summed E-state index contributed by atoms with van der Waals surface area (Å²) in [5.74, 6) is -1.84. The fraction of sp³-hybridized carbons (Fsp3) is 0.375. The first kappa shape index (κ1) is 17.7. The van der Waals surface area contributed by atoms with E-state index in [1.54, 1.807) is 32.8 Å². The SMILES string of the molecule is CCOC(=O)/C(=C/N(C)C)C(=O)c1ccc(F)c(OC)c1C. The van der Waals surface area contributed by atoms with Crippen molar-refractivity contribution in [2.75, 3.05) is 27.8 Å². The van der Waals surface area contributed by atoms with Crippen LogP contribution in [0.3, 0.4) is 0 Å². The molecule has 0 N–H and O–H groups in total. The van der Waals surface area contributed by atoms with Crippen LogP contribution in [0.15, 0.2) is 23.9 Å². The number of nitrogens with zero attached hydrogens (tertiary/aromatic N) is 1. The number of rotatable bonds is 6. The summed E-state index contributed by atoms with van der Waals surface area (Å²) in [6.07, 6.45) is 1.38. The Morgan fingerprint density at radius 1 is 1.32 bits per heavy atom. The molecular formula is C16H20FNO4. The number of carbonyl (C=O) groups excluding carboxylic acids is 2. The van der Waals surface area contributed by atoms with Crippen LogP contribution in [-0.4, -0.2) is 44.5 Å². The van der Waals surface area contributed by atoms with Gasteiger partial charge in [0.25, 0.3) is 0 Å². The summed E-state index contributed by atoms with van der Waals surface area (Å²) >= 11 is 0. The lowest BCUT2D eigenvalue weighted by Crippen LogP contribution is -2.20. The predicted octanol–water partition coefficient (Wildman–Crippen LogP) is 2.33. The largest absolute Gasteiger partial charge is 0.493 e. The van der Waals surface area contributed by atoms with Gasteiger partial charge in [-0.25, -0.2) is 9.18 Å². The minimum absolute atomic E-state index is 0.0149. The van der Waals surface area contributed by atoms with Crippen molar-refractivity contribution < 1.29 is 23.5 Å². The van der Waals surface area contributed by atoms with Crippen LogP contribution in [-0.2, 0) is 9.53 Å². The Balaban J connectivity index is 3.35. The van der Waals surface area contributed by atoms with Crippen LogP contribution in [0.2, 0.25) is 0 Å². The molecule has 0 heterocycles. The van der Waals surface area contributed by atoms with Crippen LogP contribution < -0.4 is 4.74 Å². The Morgan fingerprint density at radius 2 is 1.95 bits per heavy atom. The minimum atomic E-state index is -0.719. The standard InChI is InChI=1S/C16H20FNO4/c1-6-22-16(20)12(9-18(3)4)14(19)11-7-8-13(17)15(21-5)10(11)2/h7-9H,6H2,1-5H3/b12-9+. The first-order chi connectivity index (χ1) is 10.3. The quantitative estimate of drug-likeness (QED) is 0.265. The summed E-state index contributed by atoms with van der Waals surface area (Å²) in [5.41, 5.74) is 0.407. The molecule has 1 aromatic carbocycles. The maximum Gasteiger partial charge on any atom is 0.343 e. The molecule has 120 valence electrons. The Hall–Kier alpha value is -2.37. The maximum absolute atomic E-state index is 13.6. The maximum atomic E-state index is 13.6. The Kier molecular flexibility index (Phi) is 6.10. The van der Waals surface area contributed by atoms with E-state index in [2.05, 4.69) is 0 Å². The van der Waals surface area contributed by atoms with Gasteiger partial charge in [0.05, 0.1) is 13.7 Å². The van der Waals surface area contributed by atoms with Crippen LogP contribution in [0.5, 0.6) is 5.75 Å². The van der Waals surface area contributed by atoms with Crippen molar-refractivity contribution in [3.05, 3.63) is 40.8 Å². The fourth-order valence-corrected chi connectivity index (χ4v) is 1.97. The molecular weight excluding hydrogens is 289 g/mol. The van der Waals surface area contributed by atoms with E-state index in [9.17, 15) is 14.0 Å². The Bertz CT molecular complexity index is 608. The lowest BCUT2D eigenvalue weighted by molar-refractivity contribution is -0.138. The molecule has 1 rings (SSSR count). The second-order valence-electron chi connectivity index (χ2n) is 4.81. The van der Waals surface area contributed by atoms with Gasteiger partial charge in [0.1, 0.15) is 5.57 Å². The van der Waals surface area contributed by atoms with Crippen molar-refractivity contribution in [3.63, 3.8) is 0 Å². The summed E-state index contributed by atoms with van der Waals surface area (Å²) in [5, 5.41) is 0. The van der Waals surface area contributed by atoms with Gasteiger partial charge < -0.3 is 14.4 Å². The Morgan fingerprint density at radius 3 is 2.45 bits per heavy atom. The predicted molar refractivity (Wildman–Crippen MR) is 80.4 cm³/mol. The average Bonchev–Trinajstić information content (AvgIpc) is 2.44. The van der Waals surface area contributed by atoms with Gasteiger partial charge >= 0.3 is 5.97 Å². The van der Waals surface area contributed by atoms with Crippen molar-refractivity contribution in [1.82, 2.24) is 4.90 Å². The normalized spacial score (nSPS) is 11.1. The average molecular weight is 309 g/mol. The first-order valence-electron chi connectivity index (χ1n) is 6.76. The molecule has 22 heavy (non-hydrogen) atoms. The van der Waals surface area contributed by atoms with Gasteiger partial charge in [-0.15, -0.1) is 0 Å². The van der Waals surface area contributed by atoms with Gasteiger partial charge in [-0.05, 0) is 26.0 Å². The lowest BCUT2D eigenvalue weighted by Gasteiger charge is -2.14. The summed E-state index contributed by atoms with van der Waals surface area (Å²) in [4.78, 5) is 26.2. The smallest absolute Gasteiger partial charge is 0.343 e. The number of ether oxygens (including phenoxy) is 2. The van der Waals surface area contributed by atoms with Crippen molar-refractivity contribution in [2.45, 2.75) is 13.8 Å². The van der Waals surface area contributed by atoms with Gasteiger partial charge in [0.15, 0.2) is 11.6 Å². The molecule has 0 saturated carbocycles. The van der Waals surface area contributed by atoms with Gasteiger partial charge in [0.2, 0.25) is 5.78 Å². The van der Waals surface area contributed by atoms with Crippen molar-refractivity contribution in [2.24, 2.45) is 0 Å². The van der Waals surface area contributed by atoms with Crippen molar-refractivity contribution in [1.29, 1.82) is 0 Å². The number of methoxy groups -OCH3 is 1. The summed E-state index contributed by atoms with van der Waals surface area (Å²) in [6, 6.07) is 2.47. The van der Waals surface area contributed by atoms with Crippen molar-refractivity contribution in [3.8, 4) is 5.75 Å². The number of ketones is 1. The van der Waals surface area contributed by atoms with E-state index in [4.69, 9.17) is 9.47 Å². The van der Waals surface area contributed by atoms with Gasteiger partial charge in [-0.3, -0.25) is 4.79 Å². The van der Waals surface area contributed by atoms with E-state index in [1.165, 1.54) is 19.4 Å². The Labute approximate surface area is 129 Å². The van der Waals surface area contributed by atoms with E-state index < -0.39 is 17.6 Å². The zero-order valence-corrected chi connectivity index (χ0v) is 13.4. The third-order valence-corrected chi connectivity index (χ3v) is 2.93. The van der Waals surface area contributed by atoms with Crippen LogP contribution in [0.4, 0.5) is 4.39 Å². The monoisotopic (exact) mass is 309 g/mol. The lowest BCUT2D eigenvalue weighted by atomic mass is 9.98. The van der Waals surface area contributed by atoms with E-state index in [0.717, 1.165) is 6.07 Å². The van der Waals surface area contributed by atoms with Crippen molar-refractivity contribution >= 4 is 11.8 Å². The van der Waals surface area contributed by atoms with Gasteiger partial charge in [0, 0.05) is 31.4 Å². The molecule has 5 nitrogen and oxygen atoms in total. The zero-order valence-electron chi connectivity index (χ0n) is 13.4. The van der Waals surface area contributed by atoms with Crippen LogP contribution in [0.1, 0.15) is 22.8 Å². The molecule has 0 aromatic heterocycles. The van der Waals surface area contributed by atoms with Gasteiger partial charge in [-0.1, -0.05) is 0 Å². The third-order valence-electron chi connectivity index (χ3n) is 2.93. The molecule has 0 unspecified atom stereocenters. The molecule has 0 aliphatic rings. The number of benzene rings is 1. The molecule has 0 saturated heterocycles. The molecule has 0 atom stereocenters. The molecule has 1 aromatic rings. The molecule has 0 spiro atoms. The second-order valence-corrected chi connectivity index (χ2v) is 4.81. The number of carbonyl (C=O) groups is 2. The van der Waals surface area contributed by atoms with E-state index in [-0.39, 0.29) is 23.5 Å². The molecule has 0 aliphatic carbocycles. The highest BCUT2D eigenvalue weighted by atomic mass is 19.1. The van der Waals surface area contributed by atoms with Gasteiger partial charge in [-0.2, -0.15) is 0 Å². The highest BCUT2D eigenvalue weighted by Crippen LogP contribution is 2.27. The molecule has 0 radical (unpaired) electrons. The number of esters is 1. The second kappa shape index (κ2) is 7.59. The number of halogens is 1. The summed E-state index contributed by atoms with van der Waals surface area (Å²) < 4.78 is 23.5. The summed E-state index contributed by atoms with van der Waals surface area (Å²) in [7, 11) is 4.69. The highest BCUT2D eigenvalue weighted by Gasteiger charge is 2.25. The number of hydrogen-bond donors (Lipinski definition) is 0. The molecule has 0 amide bonds. The number of Topliss-reactive ketones (excluding diaryl/α,β-unsaturated/α-hetero) is 1. The van der Waals surface area contributed by atoms with Crippen LogP contribution >= 0.6 is 0 Å². The zero-order chi connectivity index (χ0) is 16.9. The first-order valence-corrected chi connectivity index (χ1v) is 6.76. The van der Waals surface area contributed by atoms with E-state index in [0.29, 0.717) is 5.56 Å². The van der Waals surface area contributed by atoms with Crippen LogP contribution in [0, 0.1) is 12.7 Å². The molecule has 0 fully saturated rings. The van der Waals surface area contributed by atoms with Crippen LogP contribution in [0.25, 0.3) is 0 Å². The van der Waals surface area contributed by atoms with E-state index in [1.807, 2.05) is 0 Å². The minimum Gasteiger partial charge on any atom is -0.493 e.